The van der Waals surface area contributed by atoms with E-state index in [0.29, 0.717) is 29.7 Å². The van der Waals surface area contributed by atoms with Crippen molar-refractivity contribution in [2.75, 3.05) is 13.7 Å². The number of ether oxygens (including phenoxy) is 2. The van der Waals surface area contributed by atoms with E-state index in [4.69, 9.17) is 21.1 Å². The maximum atomic E-state index is 6.16. The standard InChI is InChI=1S/C15H14ClN3O2/c1-20-14-9-11-12(16)3-5-17-13(11)10-15(14)21-8-7-19-6-2-4-18-19/h2-6,9-10H,7-8H2,1H3. The zero-order valence-electron chi connectivity index (χ0n) is 11.5. The number of benzene rings is 1. The van der Waals surface area contributed by atoms with Gasteiger partial charge >= 0.3 is 0 Å². The van der Waals surface area contributed by atoms with Crippen LogP contribution in [0.2, 0.25) is 5.02 Å². The minimum atomic E-state index is 0.490. The van der Waals surface area contributed by atoms with Gasteiger partial charge in [-0.1, -0.05) is 11.6 Å². The summed E-state index contributed by atoms with van der Waals surface area (Å²) in [4.78, 5) is 4.30. The second kappa shape index (κ2) is 6.01. The highest BCUT2D eigenvalue weighted by Crippen LogP contribution is 2.34. The molecule has 21 heavy (non-hydrogen) atoms. The van der Waals surface area contributed by atoms with Crippen LogP contribution in [0.25, 0.3) is 10.9 Å². The molecule has 0 bridgehead atoms. The lowest BCUT2D eigenvalue weighted by molar-refractivity contribution is 0.275. The van der Waals surface area contributed by atoms with Crippen molar-refractivity contribution in [3.05, 3.63) is 47.9 Å². The van der Waals surface area contributed by atoms with Crippen LogP contribution in [-0.2, 0) is 6.54 Å². The maximum Gasteiger partial charge on any atom is 0.163 e. The smallest absolute Gasteiger partial charge is 0.163 e. The number of rotatable bonds is 5. The van der Waals surface area contributed by atoms with Gasteiger partial charge in [0.05, 0.1) is 24.2 Å². The summed E-state index contributed by atoms with van der Waals surface area (Å²) in [6.07, 6.45) is 5.30. The Morgan fingerprint density at radius 3 is 2.90 bits per heavy atom. The Hall–Kier alpha value is -2.27. The quantitative estimate of drug-likeness (QED) is 0.726. The van der Waals surface area contributed by atoms with E-state index in [1.54, 1.807) is 25.6 Å². The Kier molecular flexibility index (Phi) is 3.92. The van der Waals surface area contributed by atoms with E-state index < -0.39 is 0 Å². The average Bonchev–Trinajstić information content (AvgIpc) is 3.00. The van der Waals surface area contributed by atoms with Crippen LogP contribution in [0.15, 0.2) is 42.9 Å². The molecule has 0 aliphatic heterocycles. The average molecular weight is 304 g/mol. The maximum absolute atomic E-state index is 6.16. The van der Waals surface area contributed by atoms with Gasteiger partial charge in [-0.05, 0) is 18.2 Å². The number of pyridine rings is 1. The summed E-state index contributed by atoms with van der Waals surface area (Å²) in [5.74, 6) is 1.28. The Labute approximate surface area is 127 Å². The molecule has 0 aliphatic carbocycles. The van der Waals surface area contributed by atoms with E-state index >= 15 is 0 Å². The van der Waals surface area contributed by atoms with Crippen molar-refractivity contribution >= 4 is 22.5 Å². The van der Waals surface area contributed by atoms with Crippen molar-refractivity contribution in [2.24, 2.45) is 0 Å². The van der Waals surface area contributed by atoms with Gasteiger partial charge in [0.25, 0.3) is 0 Å². The third kappa shape index (κ3) is 2.92. The molecule has 0 aliphatic rings. The van der Waals surface area contributed by atoms with Crippen molar-refractivity contribution in [2.45, 2.75) is 6.54 Å². The van der Waals surface area contributed by atoms with Gasteiger partial charge in [0.15, 0.2) is 11.5 Å². The van der Waals surface area contributed by atoms with Gasteiger partial charge in [-0.2, -0.15) is 5.10 Å². The molecule has 0 saturated heterocycles. The lowest BCUT2D eigenvalue weighted by Crippen LogP contribution is -2.09. The molecule has 0 N–H and O–H groups in total. The summed E-state index contributed by atoms with van der Waals surface area (Å²) in [6.45, 7) is 1.15. The number of hydrogen-bond acceptors (Lipinski definition) is 4. The summed E-state index contributed by atoms with van der Waals surface area (Å²) in [6, 6.07) is 7.31. The third-order valence-electron chi connectivity index (χ3n) is 3.11. The van der Waals surface area contributed by atoms with Crippen molar-refractivity contribution in [3.8, 4) is 11.5 Å². The molecule has 6 heteroatoms. The van der Waals surface area contributed by atoms with E-state index in [9.17, 15) is 0 Å². The Bertz CT molecular complexity index is 744. The largest absolute Gasteiger partial charge is 0.493 e. The van der Waals surface area contributed by atoms with Crippen LogP contribution < -0.4 is 9.47 Å². The summed E-state index contributed by atoms with van der Waals surface area (Å²) in [7, 11) is 1.60. The molecule has 5 nitrogen and oxygen atoms in total. The topological polar surface area (TPSA) is 49.2 Å². The van der Waals surface area contributed by atoms with Gasteiger partial charge in [0.1, 0.15) is 6.61 Å². The first-order valence-electron chi connectivity index (χ1n) is 6.50. The van der Waals surface area contributed by atoms with Crippen LogP contribution in [0.4, 0.5) is 0 Å². The van der Waals surface area contributed by atoms with Crippen molar-refractivity contribution in [1.29, 1.82) is 0 Å². The first-order valence-corrected chi connectivity index (χ1v) is 6.88. The molecule has 0 unspecified atom stereocenters. The minimum absolute atomic E-state index is 0.490. The van der Waals surface area contributed by atoms with Gasteiger partial charge < -0.3 is 9.47 Å². The molecule has 0 amide bonds. The molecule has 0 spiro atoms. The van der Waals surface area contributed by atoms with Gasteiger partial charge in [0, 0.05) is 30.0 Å². The molecule has 0 atom stereocenters. The van der Waals surface area contributed by atoms with Gasteiger partial charge in [-0.3, -0.25) is 9.67 Å². The summed E-state index contributed by atoms with van der Waals surface area (Å²) in [5, 5.41) is 5.61. The summed E-state index contributed by atoms with van der Waals surface area (Å²) in [5.41, 5.74) is 0.775. The van der Waals surface area contributed by atoms with Crippen LogP contribution in [-0.4, -0.2) is 28.5 Å². The van der Waals surface area contributed by atoms with Crippen LogP contribution >= 0.6 is 11.6 Å². The van der Waals surface area contributed by atoms with Crippen molar-refractivity contribution in [1.82, 2.24) is 14.8 Å². The Morgan fingerprint density at radius 2 is 2.14 bits per heavy atom. The summed E-state index contributed by atoms with van der Waals surface area (Å²) < 4.78 is 13.0. The molecule has 2 aromatic heterocycles. The first kappa shape index (κ1) is 13.7. The molecular weight excluding hydrogens is 290 g/mol. The van der Waals surface area contributed by atoms with Gasteiger partial charge in [-0.25, -0.2) is 0 Å². The normalized spacial score (nSPS) is 10.8. The van der Waals surface area contributed by atoms with Gasteiger partial charge in [-0.15, -0.1) is 0 Å². The van der Waals surface area contributed by atoms with E-state index in [1.165, 1.54) is 0 Å². The number of hydrogen-bond donors (Lipinski definition) is 0. The molecular formula is C15H14ClN3O2. The van der Waals surface area contributed by atoms with Crippen LogP contribution in [0.1, 0.15) is 0 Å². The number of aromatic nitrogens is 3. The van der Waals surface area contributed by atoms with Crippen LogP contribution in [0.5, 0.6) is 11.5 Å². The fraction of sp³-hybridized carbons (Fsp3) is 0.200. The molecule has 1 aromatic carbocycles. The highest BCUT2D eigenvalue weighted by molar-refractivity contribution is 6.35. The fourth-order valence-corrected chi connectivity index (χ4v) is 2.28. The molecule has 0 radical (unpaired) electrons. The van der Waals surface area contributed by atoms with Crippen LogP contribution in [0, 0.1) is 0 Å². The number of fused-ring (bicyclic) bond motifs is 1. The lowest BCUT2D eigenvalue weighted by Gasteiger charge is -2.12. The van der Waals surface area contributed by atoms with Crippen molar-refractivity contribution in [3.63, 3.8) is 0 Å². The third-order valence-corrected chi connectivity index (χ3v) is 3.44. The Balaban J connectivity index is 1.83. The van der Waals surface area contributed by atoms with E-state index in [1.807, 2.05) is 29.1 Å². The highest BCUT2D eigenvalue weighted by Gasteiger charge is 2.09. The number of nitrogens with zero attached hydrogens (tertiary/aromatic N) is 3. The monoisotopic (exact) mass is 303 g/mol. The highest BCUT2D eigenvalue weighted by atomic mass is 35.5. The van der Waals surface area contributed by atoms with Gasteiger partial charge in [0.2, 0.25) is 0 Å². The van der Waals surface area contributed by atoms with E-state index in [0.717, 1.165) is 10.9 Å². The molecule has 108 valence electrons. The lowest BCUT2D eigenvalue weighted by atomic mass is 10.2. The zero-order valence-corrected chi connectivity index (χ0v) is 12.2. The second-order valence-electron chi connectivity index (χ2n) is 4.43. The number of methoxy groups -OCH3 is 1. The molecule has 0 fully saturated rings. The fourth-order valence-electron chi connectivity index (χ4n) is 2.07. The predicted molar refractivity (Wildman–Crippen MR) is 81.0 cm³/mol. The minimum Gasteiger partial charge on any atom is -0.493 e. The SMILES string of the molecule is COc1cc2c(Cl)ccnc2cc1OCCn1cccn1. The van der Waals surface area contributed by atoms with E-state index in [2.05, 4.69) is 10.1 Å². The predicted octanol–water partition coefficient (Wildman–Crippen LogP) is 3.17. The Morgan fingerprint density at radius 1 is 1.24 bits per heavy atom. The zero-order chi connectivity index (χ0) is 14.7. The summed E-state index contributed by atoms with van der Waals surface area (Å²) >= 11 is 6.16. The van der Waals surface area contributed by atoms with Crippen LogP contribution in [0.3, 0.4) is 0 Å². The number of halogens is 1. The first-order chi connectivity index (χ1) is 10.3. The van der Waals surface area contributed by atoms with E-state index in [-0.39, 0.29) is 0 Å². The van der Waals surface area contributed by atoms with Crippen molar-refractivity contribution < 1.29 is 9.47 Å². The molecule has 0 saturated carbocycles. The molecule has 3 aromatic rings. The molecule has 3 rings (SSSR count). The second-order valence-corrected chi connectivity index (χ2v) is 4.84. The molecule has 2 heterocycles.